The standard InChI is InChI=1S/C19H28ClNO/c1-14(2)18(15-10-12-16(20)13-11-15)19(22)21-17-8-6-4-3-5-7-9-17/h10-14,17-18H,3-9H2,1-2H3,(H,21,22)/t18-/m0/s1. The van der Waals surface area contributed by atoms with E-state index in [9.17, 15) is 4.79 Å². The summed E-state index contributed by atoms with van der Waals surface area (Å²) >= 11 is 5.96. The molecule has 1 aliphatic rings. The molecule has 0 unspecified atom stereocenters. The fraction of sp³-hybridized carbons (Fsp3) is 0.632. The third-order valence-corrected chi connectivity index (χ3v) is 4.88. The van der Waals surface area contributed by atoms with Crippen LogP contribution in [0.5, 0.6) is 0 Å². The molecule has 2 nitrogen and oxygen atoms in total. The lowest BCUT2D eigenvalue weighted by molar-refractivity contribution is -0.124. The number of hydrogen-bond donors (Lipinski definition) is 1. The van der Waals surface area contributed by atoms with E-state index >= 15 is 0 Å². The second-order valence-electron chi connectivity index (χ2n) is 6.82. The van der Waals surface area contributed by atoms with Crippen LogP contribution in [0, 0.1) is 5.92 Å². The number of halogens is 1. The summed E-state index contributed by atoms with van der Waals surface area (Å²) in [5, 5.41) is 4.02. The third-order valence-electron chi connectivity index (χ3n) is 4.63. The highest BCUT2D eigenvalue weighted by atomic mass is 35.5. The topological polar surface area (TPSA) is 29.1 Å². The summed E-state index contributed by atoms with van der Waals surface area (Å²) in [5.74, 6) is 0.348. The smallest absolute Gasteiger partial charge is 0.228 e. The molecule has 0 spiro atoms. The average Bonchev–Trinajstić information content (AvgIpc) is 2.43. The van der Waals surface area contributed by atoms with Gasteiger partial charge in [0.05, 0.1) is 5.92 Å². The van der Waals surface area contributed by atoms with Crippen molar-refractivity contribution in [3.63, 3.8) is 0 Å². The van der Waals surface area contributed by atoms with Crippen LogP contribution in [0.15, 0.2) is 24.3 Å². The van der Waals surface area contributed by atoms with Crippen molar-refractivity contribution in [2.45, 2.75) is 70.8 Å². The van der Waals surface area contributed by atoms with Gasteiger partial charge < -0.3 is 5.32 Å². The molecule has 0 bridgehead atoms. The molecule has 0 aromatic heterocycles. The molecule has 1 fully saturated rings. The Balaban J connectivity index is 2.04. The Morgan fingerprint density at radius 3 is 2.14 bits per heavy atom. The largest absolute Gasteiger partial charge is 0.353 e. The van der Waals surface area contributed by atoms with Crippen molar-refractivity contribution < 1.29 is 4.79 Å². The van der Waals surface area contributed by atoms with E-state index in [2.05, 4.69) is 19.2 Å². The minimum Gasteiger partial charge on any atom is -0.353 e. The molecular weight excluding hydrogens is 294 g/mol. The zero-order chi connectivity index (χ0) is 15.9. The van der Waals surface area contributed by atoms with Gasteiger partial charge in [0, 0.05) is 11.1 Å². The molecule has 3 heteroatoms. The Labute approximate surface area is 139 Å². The van der Waals surface area contributed by atoms with Crippen LogP contribution >= 0.6 is 11.6 Å². The maximum atomic E-state index is 12.8. The van der Waals surface area contributed by atoms with Gasteiger partial charge in [-0.3, -0.25) is 4.79 Å². The van der Waals surface area contributed by atoms with E-state index in [1.807, 2.05) is 24.3 Å². The molecule has 122 valence electrons. The van der Waals surface area contributed by atoms with Crippen molar-refractivity contribution in [3.8, 4) is 0 Å². The molecular formula is C19H28ClNO. The second kappa shape index (κ2) is 8.57. The molecule has 1 aliphatic carbocycles. The van der Waals surface area contributed by atoms with E-state index in [4.69, 9.17) is 11.6 Å². The number of amides is 1. The third kappa shape index (κ3) is 5.01. The highest BCUT2D eigenvalue weighted by Gasteiger charge is 2.26. The van der Waals surface area contributed by atoms with E-state index in [1.54, 1.807) is 0 Å². The van der Waals surface area contributed by atoms with Gasteiger partial charge in [-0.2, -0.15) is 0 Å². The number of nitrogens with one attached hydrogen (secondary N) is 1. The first-order valence-electron chi connectivity index (χ1n) is 8.64. The van der Waals surface area contributed by atoms with Gasteiger partial charge in [0.25, 0.3) is 0 Å². The normalized spacial score (nSPS) is 18.5. The lowest BCUT2D eigenvalue weighted by Gasteiger charge is -2.26. The Bertz CT molecular complexity index is 461. The van der Waals surface area contributed by atoms with Gasteiger partial charge in [-0.05, 0) is 36.5 Å². The minimum atomic E-state index is -0.0947. The van der Waals surface area contributed by atoms with Crippen molar-refractivity contribution in [2.75, 3.05) is 0 Å². The molecule has 22 heavy (non-hydrogen) atoms. The van der Waals surface area contributed by atoms with Crippen molar-refractivity contribution >= 4 is 17.5 Å². The summed E-state index contributed by atoms with van der Waals surface area (Å²) in [6.07, 6.45) is 8.67. The molecule has 0 saturated heterocycles. The van der Waals surface area contributed by atoms with Crippen LogP contribution < -0.4 is 5.32 Å². The van der Waals surface area contributed by atoms with E-state index in [-0.39, 0.29) is 17.7 Å². The molecule has 2 rings (SSSR count). The zero-order valence-electron chi connectivity index (χ0n) is 13.8. The maximum Gasteiger partial charge on any atom is 0.228 e. The van der Waals surface area contributed by atoms with Gasteiger partial charge in [-0.1, -0.05) is 69.7 Å². The average molecular weight is 322 g/mol. The molecule has 1 atom stereocenters. The first-order valence-corrected chi connectivity index (χ1v) is 9.01. The predicted molar refractivity (Wildman–Crippen MR) is 93.3 cm³/mol. The summed E-state index contributed by atoms with van der Waals surface area (Å²) in [4.78, 5) is 12.8. The quantitative estimate of drug-likeness (QED) is 0.800. The van der Waals surface area contributed by atoms with Crippen LogP contribution in [0.4, 0.5) is 0 Å². The fourth-order valence-corrected chi connectivity index (χ4v) is 3.53. The SMILES string of the molecule is CC(C)[C@H](C(=O)NC1CCCCCCC1)c1ccc(Cl)cc1. The van der Waals surface area contributed by atoms with E-state index < -0.39 is 0 Å². The maximum absolute atomic E-state index is 12.8. The van der Waals surface area contributed by atoms with E-state index in [1.165, 1.54) is 32.1 Å². The summed E-state index contributed by atoms with van der Waals surface area (Å²) in [7, 11) is 0. The molecule has 1 aromatic carbocycles. The summed E-state index contributed by atoms with van der Waals surface area (Å²) < 4.78 is 0. The van der Waals surface area contributed by atoms with Gasteiger partial charge in [0.2, 0.25) is 5.91 Å². The Kier molecular flexibility index (Phi) is 6.75. The highest BCUT2D eigenvalue weighted by Crippen LogP contribution is 2.27. The fourth-order valence-electron chi connectivity index (χ4n) is 3.40. The van der Waals surface area contributed by atoms with Crippen LogP contribution in [-0.4, -0.2) is 11.9 Å². The molecule has 0 radical (unpaired) electrons. The first-order chi connectivity index (χ1) is 10.6. The predicted octanol–water partition coefficient (Wildman–Crippen LogP) is 5.31. The lowest BCUT2D eigenvalue weighted by atomic mass is 9.87. The number of rotatable bonds is 4. The summed E-state index contributed by atoms with van der Waals surface area (Å²) in [6, 6.07) is 8.04. The van der Waals surface area contributed by atoms with Crippen molar-refractivity contribution in [1.29, 1.82) is 0 Å². The van der Waals surface area contributed by atoms with Crippen LogP contribution in [-0.2, 0) is 4.79 Å². The van der Waals surface area contributed by atoms with Crippen LogP contribution in [0.2, 0.25) is 5.02 Å². The first kappa shape index (κ1) is 17.3. The summed E-state index contributed by atoms with van der Waals surface area (Å²) in [5.41, 5.74) is 1.06. The van der Waals surface area contributed by atoms with Crippen LogP contribution in [0.3, 0.4) is 0 Å². The summed E-state index contributed by atoms with van der Waals surface area (Å²) in [6.45, 7) is 4.22. The molecule has 0 aliphatic heterocycles. The number of carbonyl (C=O) groups excluding carboxylic acids is 1. The molecule has 1 amide bonds. The Morgan fingerprint density at radius 1 is 1.05 bits per heavy atom. The molecule has 1 aromatic rings. The van der Waals surface area contributed by atoms with Gasteiger partial charge in [-0.25, -0.2) is 0 Å². The van der Waals surface area contributed by atoms with Crippen LogP contribution in [0.1, 0.15) is 70.3 Å². The molecule has 1 N–H and O–H groups in total. The monoisotopic (exact) mass is 321 g/mol. The Morgan fingerprint density at radius 2 is 1.59 bits per heavy atom. The lowest BCUT2D eigenvalue weighted by Crippen LogP contribution is -2.39. The van der Waals surface area contributed by atoms with E-state index in [0.717, 1.165) is 18.4 Å². The molecule has 0 heterocycles. The number of benzene rings is 1. The van der Waals surface area contributed by atoms with E-state index in [0.29, 0.717) is 11.1 Å². The van der Waals surface area contributed by atoms with Gasteiger partial charge in [0.15, 0.2) is 0 Å². The Hall–Kier alpha value is -1.02. The number of hydrogen-bond acceptors (Lipinski definition) is 1. The molecule has 1 saturated carbocycles. The highest BCUT2D eigenvalue weighted by molar-refractivity contribution is 6.30. The van der Waals surface area contributed by atoms with Gasteiger partial charge in [0.1, 0.15) is 0 Å². The van der Waals surface area contributed by atoms with Crippen molar-refractivity contribution in [1.82, 2.24) is 5.32 Å². The van der Waals surface area contributed by atoms with Gasteiger partial charge in [-0.15, -0.1) is 0 Å². The van der Waals surface area contributed by atoms with Gasteiger partial charge >= 0.3 is 0 Å². The zero-order valence-corrected chi connectivity index (χ0v) is 14.5. The van der Waals surface area contributed by atoms with Crippen LogP contribution in [0.25, 0.3) is 0 Å². The van der Waals surface area contributed by atoms with Crippen molar-refractivity contribution in [2.24, 2.45) is 5.92 Å². The number of carbonyl (C=O) groups is 1. The minimum absolute atomic E-state index is 0.0947. The second-order valence-corrected chi connectivity index (χ2v) is 7.26. The van der Waals surface area contributed by atoms with Crippen molar-refractivity contribution in [3.05, 3.63) is 34.9 Å².